The van der Waals surface area contributed by atoms with Gasteiger partial charge in [-0.1, -0.05) is 0 Å². The predicted octanol–water partition coefficient (Wildman–Crippen LogP) is 1.04. The lowest BCUT2D eigenvalue weighted by atomic mass is 10.0. The van der Waals surface area contributed by atoms with Gasteiger partial charge in [-0.2, -0.15) is 0 Å². The highest BCUT2D eigenvalue weighted by atomic mass is 19.2. The predicted molar refractivity (Wildman–Crippen MR) is 102 cm³/mol. The number of imide groups is 2. The van der Waals surface area contributed by atoms with Gasteiger partial charge in [0.2, 0.25) is 11.8 Å². The van der Waals surface area contributed by atoms with Gasteiger partial charge in [0.1, 0.15) is 11.7 Å². The molecule has 166 valence electrons. The standard InChI is InChI=1S/C20H21F3N4O4/c1-9(2)25-5-7-26(8-6-25)17-15(22)13-12(14(21)16(17)23)19(30)27(20(13)31)10-3-4-11(28)24-18(10)29/h9-10H,3-8H2,1-2H3,(H,24,28,29)/i5D2,6D2,7D2,8D2. The maximum atomic E-state index is 16.0. The molecular formula is C20H21F3N4O4. The van der Waals surface area contributed by atoms with Crippen molar-refractivity contribution in [2.75, 3.05) is 30.9 Å². The number of halogens is 3. The number of piperazine rings is 1. The van der Waals surface area contributed by atoms with Crippen molar-refractivity contribution >= 4 is 29.3 Å². The van der Waals surface area contributed by atoms with Gasteiger partial charge < -0.3 is 4.90 Å². The zero-order chi connectivity index (χ0) is 29.8. The molecule has 11 heteroatoms. The minimum atomic E-state index is -3.80. The Balaban J connectivity index is 1.97. The molecule has 0 aliphatic carbocycles. The van der Waals surface area contributed by atoms with E-state index in [4.69, 9.17) is 11.0 Å². The van der Waals surface area contributed by atoms with Crippen LogP contribution in [-0.2, 0) is 9.59 Å². The molecule has 4 amide bonds. The largest absolute Gasteiger partial charge is 0.364 e. The molecule has 8 nitrogen and oxygen atoms in total. The van der Waals surface area contributed by atoms with Crippen LogP contribution in [0.1, 0.15) is 58.4 Å². The van der Waals surface area contributed by atoms with Crippen molar-refractivity contribution in [2.45, 2.75) is 38.8 Å². The Hall–Kier alpha value is -2.95. The molecule has 1 N–H and O–H groups in total. The highest BCUT2D eigenvalue weighted by Crippen LogP contribution is 2.38. The quantitative estimate of drug-likeness (QED) is 0.551. The monoisotopic (exact) mass is 446 g/mol. The maximum absolute atomic E-state index is 16.0. The zero-order valence-corrected chi connectivity index (χ0v) is 16.2. The SMILES string of the molecule is [2H]C1([2H])N(c2c(F)c(F)c3c(c2F)C(=O)N(C2CCC(=O)NC2=O)C3=O)C([2H])([2H])C([2H])([2H])N(C(C)C)C1([2H])[2H]. The lowest BCUT2D eigenvalue weighted by Crippen LogP contribution is -2.54. The van der Waals surface area contributed by atoms with Gasteiger partial charge in [0.15, 0.2) is 17.5 Å². The van der Waals surface area contributed by atoms with Crippen LogP contribution >= 0.6 is 0 Å². The molecule has 0 bridgehead atoms. The van der Waals surface area contributed by atoms with E-state index in [0.29, 0.717) is 0 Å². The van der Waals surface area contributed by atoms with Gasteiger partial charge >= 0.3 is 0 Å². The van der Waals surface area contributed by atoms with Crippen LogP contribution in [0.2, 0.25) is 0 Å². The number of hydrogen-bond acceptors (Lipinski definition) is 6. The Morgan fingerprint density at radius 3 is 2.06 bits per heavy atom. The maximum Gasteiger partial charge on any atom is 0.265 e. The van der Waals surface area contributed by atoms with Crippen LogP contribution < -0.4 is 10.2 Å². The van der Waals surface area contributed by atoms with Crippen LogP contribution in [0.4, 0.5) is 18.9 Å². The second kappa shape index (κ2) is 7.63. The van der Waals surface area contributed by atoms with Crippen LogP contribution in [0.3, 0.4) is 0 Å². The van der Waals surface area contributed by atoms with Crippen molar-refractivity contribution < 1.29 is 43.3 Å². The van der Waals surface area contributed by atoms with Crippen LogP contribution in [-0.4, -0.2) is 71.5 Å². The summed E-state index contributed by atoms with van der Waals surface area (Å²) in [5, 5.41) is 1.85. The molecule has 0 radical (unpaired) electrons. The first-order chi connectivity index (χ1) is 17.7. The number of rotatable bonds is 3. The summed E-state index contributed by atoms with van der Waals surface area (Å²) in [6.45, 7) is -12.1. The van der Waals surface area contributed by atoms with Crippen LogP contribution in [0, 0.1) is 17.5 Å². The van der Waals surface area contributed by atoms with Gasteiger partial charge in [-0.05, 0) is 20.3 Å². The van der Waals surface area contributed by atoms with Crippen molar-refractivity contribution in [2.24, 2.45) is 0 Å². The topological polar surface area (TPSA) is 90.0 Å². The molecule has 4 rings (SSSR count). The van der Waals surface area contributed by atoms with Gasteiger partial charge in [-0.25, -0.2) is 13.2 Å². The summed E-state index contributed by atoms with van der Waals surface area (Å²) in [6, 6.07) is -2.90. The third-order valence-corrected chi connectivity index (χ3v) is 4.99. The van der Waals surface area contributed by atoms with E-state index < -0.39 is 107 Å². The number of carbonyl (C=O) groups excluding carboxylic acids is 4. The van der Waals surface area contributed by atoms with Crippen molar-refractivity contribution in [3.05, 3.63) is 28.6 Å². The number of carbonyl (C=O) groups is 4. The molecule has 2 saturated heterocycles. The van der Waals surface area contributed by atoms with E-state index in [1.54, 1.807) is 0 Å². The van der Waals surface area contributed by atoms with Crippen molar-refractivity contribution in [3.8, 4) is 0 Å². The van der Waals surface area contributed by atoms with Crippen LogP contribution in [0.25, 0.3) is 0 Å². The lowest BCUT2D eigenvalue weighted by Gasteiger charge is -2.38. The number of benzene rings is 1. The van der Waals surface area contributed by atoms with Crippen molar-refractivity contribution in [1.29, 1.82) is 0 Å². The molecular weight excluding hydrogens is 417 g/mol. The highest BCUT2D eigenvalue weighted by Gasteiger charge is 2.49. The summed E-state index contributed by atoms with van der Waals surface area (Å²) in [6.07, 6.45) is -0.767. The Labute approximate surface area is 187 Å². The van der Waals surface area contributed by atoms with E-state index in [1.807, 2.05) is 5.32 Å². The molecule has 0 spiro atoms. The summed E-state index contributed by atoms with van der Waals surface area (Å²) in [7, 11) is 0. The Bertz CT molecular complexity index is 1310. The lowest BCUT2D eigenvalue weighted by molar-refractivity contribution is -0.136. The first-order valence-electron chi connectivity index (χ1n) is 13.2. The number of fused-ring (bicyclic) bond motifs is 1. The molecule has 0 saturated carbocycles. The summed E-state index contributed by atoms with van der Waals surface area (Å²) in [4.78, 5) is 49.4. The summed E-state index contributed by atoms with van der Waals surface area (Å²) >= 11 is 0. The summed E-state index contributed by atoms with van der Waals surface area (Å²) in [5.41, 5.74) is -4.93. The number of hydrogen-bond donors (Lipinski definition) is 1. The van der Waals surface area contributed by atoms with Gasteiger partial charge in [0.05, 0.1) is 16.6 Å². The molecule has 1 aromatic rings. The Morgan fingerprint density at radius 2 is 1.52 bits per heavy atom. The fourth-order valence-electron chi connectivity index (χ4n) is 3.42. The van der Waals surface area contributed by atoms with E-state index >= 15 is 13.2 Å². The minimum Gasteiger partial charge on any atom is -0.364 e. The highest BCUT2D eigenvalue weighted by molar-refractivity contribution is 6.24. The van der Waals surface area contributed by atoms with Crippen LogP contribution in [0.15, 0.2) is 0 Å². The van der Waals surface area contributed by atoms with Crippen molar-refractivity contribution in [1.82, 2.24) is 15.1 Å². The molecule has 0 aromatic heterocycles. The molecule has 1 unspecified atom stereocenters. The minimum absolute atomic E-state index is 0.0976. The number of piperidine rings is 1. The fourth-order valence-corrected chi connectivity index (χ4v) is 3.42. The molecule has 2 fully saturated rings. The molecule has 3 aliphatic rings. The smallest absolute Gasteiger partial charge is 0.265 e. The average molecular weight is 446 g/mol. The summed E-state index contributed by atoms with van der Waals surface area (Å²) in [5.74, 6) is -12.0. The molecule has 3 heterocycles. The number of nitrogens with one attached hydrogen (secondary N) is 1. The van der Waals surface area contributed by atoms with Gasteiger partial charge in [0, 0.05) is 43.9 Å². The van der Waals surface area contributed by atoms with E-state index in [0.717, 1.165) is 0 Å². The van der Waals surface area contributed by atoms with Gasteiger partial charge in [0.25, 0.3) is 11.8 Å². The van der Waals surface area contributed by atoms with Crippen molar-refractivity contribution in [3.63, 3.8) is 0 Å². The molecule has 1 atom stereocenters. The average Bonchev–Trinajstić information content (AvgIpc) is 3.03. The third-order valence-electron chi connectivity index (χ3n) is 4.99. The Morgan fingerprint density at radius 1 is 0.935 bits per heavy atom. The molecule has 3 aliphatic heterocycles. The zero-order valence-electron chi connectivity index (χ0n) is 24.2. The van der Waals surface area contributed by atoms with E-state index in [-0.39, 0.29) is 16.2 Å². The van der Waals surface area contributed by atoms with E-state index in [9.17, 15) is 19.2 Å². The van der Waals surface area contributed by atoms with E-state index in [2.05, 4.69) is 0 Å². The number of anilines is 1. The normalized spacial score (nSPS) is 32.8. The second-order valence-corrected chi connectivity index (χ2v) is 7.23. The number of nitrogens with zero attached hydrogens (tertiary/aromatic N) is 3. The third kappa shape index (κ3) is 3.27. The van der Waals surface area contributed by atoms with Crippen LogP contribution in [0.5, 0.6) is 0 Å². The second-order valence-electron chi connectivity index (χ2n) is 7.23. The van der Waals surface area contributed by atoms with E-state index in [1.165, 1.54) is 13.8 Å². The number of amides is 4. The first-order valence-corrected chi connectivity index (χ1v) is 9.17. The fraction of sp³-hybridized carbons (Fsp3) is 0.500. The molecule has 1 aromatic carbocycles. The van der Waals surface area contributed by atoms with Gasteiger partial charge in [-0.15, -0.1) is 0 Å². The van der Waals surface area contributed by atoms with Gasteiger partial charge in [-0.3, -0.25) is 34.3 Å². The Kier molecular flexibility index (Phi) is 3.31. The first kappa shape index (κ1) is 13.5. The molecule has 31 heavy (non-hydrogen) atoms. The summed E-state index contributed by atoms with van der Waals surface area (Å²) < 4.78 is 113.